The van der Waals surface area contributed by atoms with Gasteiger partial charge >= 0.3 is 5.69 Å². The molecule has 0 unspecified atom stereocenters. The molecule has 8 heteroatoms. The first-order valence-electron chi connectivity index (χ1n) is 8.33. The van der Waals surface area contributed by atoms with E-state index in [0.29, 0.717) is 22.3 Å². The maximum Gasteiger partial charge on any atom is 0.353 e. The zero-order valence-electron chi connectivity index (χ0n) is 14.8. The van der Waals surface area contributed by atoms with Gasteiger partial charge in [0.25, 0.3) is 0 Å². The summed E-state index contributed by atoms with van der Waals surface area (Å²) >= 11 is 6.12. The second-order valence-corrected chi connectivity index (χ2v) is 6.59. The highest BCUT2D eigenvalue weighted by Crippen LogP contribution is 2.34. The zero-order valence-corrected chi connectivity index (χ0v) is 15.6. The van der Waals surface area contributed by atoms with Crippen LogP contribution >= 0.6 is 11.6 Å². The SMILES string of the molecule is CC(C)c1ccc(Nc2ncnc(Nc3ccccc3Cl)c2[N+](=O)[O-])cc1. The number of hydrogen-bond acceptors (Lipinski definition) is 6. The Labute approximate surface area is 161 Å². The van der Waals surface area contributed by atoms with Gasteiger partial charge in [0.05, 0.1) is 15.6 Å². The van der Waals surface area contributed by atoms with E-state index in [1.54, 1.807) is 24.3 Å². The molecule has 0 aliphatic rings. The molecule has 27 heavy (non-hydrogen) atoms. The summed E-state index contributed by atoms with van der Waals surface area (Å²) < 4.78 is 0. The summed E-state index contributed by atoms with van der Waals surface area (Å²) in [6.45, 7) is 4.20. The quantitative estimate of drug-likeness (QED) is 0.422. The number of rotatable bonds is 6. The summed E-state index contributed by atoms with van der Waals surface area (Å²) in [5, 5.41) is 18.0. The molecule has 0 amide bonds. The molecule has 1 heterocycles. The van der Waals surface area contributed by atoms with Gasteiger partial charge in [-0.25, -0.2) is 9.97 Å². The Morgan fingerprint density at radius 1 is 1.00 bits per heavy atom. The average molecular weight is 384 g/mol. The topological polar surface area (TPSA) is 93.0 Å². The number of benzene rings is 2. The fourth-order valence-electron chi connectivity index (χ4n) is 2.51. The minimum absolute atomic E-state index is 0.0596. The van der Waals surface area contributed by atoms with Gasteiger partial charge in [0.1, 0.15) is 6.33 Å². The summed E-state index contributed by atoms with van der Waals surface area (Å²) in [6.07, 6.45) is 1.26. The number of anilines is 4. The van der Waals surface area contributed by atoms with E-state index in [4.69, 9.17) is 11.6 Å². The molecule has 2 N–H and O–H groups in total. The smallest absolute Gasteiger partial charge is 0.334 e. The normalized spacial score (nSPS) is 10.7. The van der Waals surface area contributed by atoms with Crippen LogP contribution in [0.2, 0.25) is 5.02 Å². The highest BCUT2D eigenvalue weighted by atomic mass is 35.5. The van der Waals surface area contributed by atoms with Crippen molar-refractivity contribution in [1.82, 2.24) is 9.97 Å². The Morgan fingerprint density at radius 3 is 2.22 bits per heavy atom. The fourth-order valence-corrected chi connectivity index (χ4v) is 2.70. The molecule has 0 radical (unpaired) electrons. The van der Waals surface area contributed by atoms with Crippen LogP contribution in [0, 0.1) is 10.1 Å². The summed E-state index contributed by atoms with van der Waals surface area (Å²) in [4.78, 5) is 19.2. The average Bonchev–Trinajstić information content (AvgIpc) is 2.64. The van der Waals surface area contributed by atoms with E-state index < -0.39 is 4.92 Å². The molecule has 0 aliphatic carbocycles. The van der Waals surface area contributed by atoms with E-state index in [1.807, 2.05) is 24.3 Å². The van der Waals surface area contributed by atoms with Crippen molar-refractivity contribution in [3.63, 3.8) is 0 Å². The lowest BCUT2D eigenvalue weighted by molar-refractivity contribution is -0.383. The number of halogens is 1. The Hall–Kier alpha value is -3.19. The molecule has 0 aliphatic heterocycles. The molecule has 3 rings (SSSR count). The monoisotopic (exact) mass is 383 g/mol. The molecular weight excluding hydrogens is 366 g/mol. The van der Waals surface area contributed by atoms with E-state index in [-0.39, 0.29) is 17.3 Å². The van der Waals surface area contributed by atoms with E-state index in [0.717, 1.165) is 0 Å². The van der Waals surface area contributed by atoms with E-state index in [1.165, 1.54) is 11.9 Å². The third kappa shape index (κ3) is 4.32. The van der Waals surface area contributed by atoms with Gasteiger partial charge < -0.3 is 10.6 Å². The second-order valence-electron chi connectivity index (χ2n) is 6.18. The molecule has 0 saturated carbocycles. The molecule has 7 nitrogen and oxygen atoms in total. The van der Waals surface area contributed by atoms with Gasteiger partial charge in [-0.15, -0.1) is 0 Å². The van der Waals surface area contributed by atoms with Crippen molar-refractivity contribution in [1.29, 1.82) is 0 Å². The Balaban J connectivity index is 1.94. The van der Waals surface area contributed by atoms with Crippen molar-refractivity contribution in [2.24, 2.45) is 0 Å². The van der Waals surface area contributed by atoms with E-state index in [2.05, 4.69) is 34.4 Å². The molecule has 0 saturated heterocycles. The Bertz CT molecular complexity index is 961. The van der Waals surface area contributed by atoms with Gasteiger partial charge in [0, 0.05) is 5.69 Å². The van der Waals surface area contributed by atoms with Crippen molar-refractivity contribution in [2.75, 3.05) is 10.6 Å². The van der Waals surface area contributed by atoms with Gasteiger partial charge in [-0.05, 0) is 35.7 Å². The van der Waals surface area contributed by atoms with Crippen molar-refractivity contribution in [2.45, 2.75) is 19.8 Å². The van der Waals surface area contributed by atoms with E-state index in [9.17, 15) is 10.1 Å². The fraction of sp³-hybridized carbons (Fsp3) is 0.158. The van der Waals surface area contributed by atoms with Crippen molar-refractivity contribution >= 4 is 40.3 Å². The molecule has 2 aromatic carbocycles. The highest BCUT2D eigenvalue weighted by Gasteiger charge is 2.23. The zero-order chi connectivity index (χ0) is 19.4. The van der Waals surface area contributed by atoms with Crippen molar-refractivity contribution < 1.29 is 4.92 Å². The number of nitro groups is 1. The van der Waals surface area contributed by atoms with Crippen LogP contribution in [0.15, 0.2) is 54.9 Å². The first kappa shape index (κ1) is 18.6. The maximum absolute atomic E-state index is 11.7. The predicted molar refractivity (Wildman–Crippen MR) is 107 cm³/mol. The minimum atomic E-state index is -0.524. The van der Waals surface area contributed by atoms with Gasteiger partial charge in [-0.2, -0.15) is 0 Å². The molecule has 0 atom stereocenters. The van der Waals surface area contributed by atoms with Gasteiger partial charge in [-0.3, -0.25) is 10.1 Å². The molecule has 0 spiro atoms. The van der Waals surface area contributed by atoms with E-state index >= 15 is 0 Å². The van der Waals surface area contributed by atoms with Crippen LogP contribution in [-0.2, 0) is 0 Å². The molecule has 1 aromatic heterocycles. The Morgan fingerprint density at radius 2 is 1.63 bits per heavy atom. The summed E-state index contributed by atoms with van der Waals surface area (Å²) in [5.41, 5.74) is 2.14. The van der Waals surface area contributed by atoms with Crippen molar-refractivity contribution in [3.8, 4) is 0 Å². The molecule has 138 valence electrons. The lowest BCUT2D eigenvalue weighted by atomic mass is 10.0. The predicted octanol–water partition coefficient (Wildman–Crippen LogP) is 5.65. The number of nitrogens with zero attached hydrogens (tertiary/aromatic N) is 3. The second kappa shape index (κ2) is 8.01. The first-order valence-corrected chi connectivity index (χ1v) is 8.71. The largest absolute Gasteiger partial charge is 0.353 e. The standard InChI is InChI=1S/C19H18ClN5O2/c1-12(2)13-7-9-14(10-8-13)23-18-17(25(26)27)19(22-11-21-18)24-16-6-4-3-5-15(16)20/h3-12H,1-2H3,(H2,21,22,23,24). The van der Waals surface area contributed by atoms with Crippen LogP contribution in [0.1, 0.15) is 25.3 Å². The van der Waals surface area contributed by atoms with Gasteiger partial charge in [-0.1, -0.05) is 49.7 Å². The van der Waals surface area contributed by atoms with Crippen LogP contribution in [0.4, 0.5) is 28.7 Å². The first-order chi connectivity index (χ1) is 13.0. The maximum atomic E-state index is 11.7. The third-order valence-electron chi connectivity index (χ3n) is 3.97. The molecule has 0 bridgehead atoms. The summed E-state index contributed by atoms with van der Waals surface area (Å²) in [6, 6.07) is 14.6. The minimum Gasteiger partial charge on any atom is -0.334 e. The van der Waals surface area contributed by atoms with Crippen LogP contribution in [0.5, 0.6) is 0 Å². The highest BCUT2D eigenvalue weighted by molar-refractivity contribution is 6.33. The van der Waals surface area contributed by atoms with Crippen LogP contribution in [0.3, 0.4) is 0 Å². The lowest BCUT2D eigenvalue weighted by Gasteiger charge is -2.11. The Kier molecular flexibility index (Phi) is 5.52. The van der Waals surface area contributed by atoms with Crippen molar-refractivity contribution in [3.05, 3.63) is 75.6 Å². The number of nitrogens with one attached hydrogen (secondary N) is 2. The van der Waals surface area contributed by atoms with Crippen LogP contribution in [-0.4, -0.2) is 14.9 Å². The van der Waals surface area contributed by atoms with Gasteiger partial charge in [0.15, 0.2) is 0 Å². The lowest BCUT2D eigenvalue weighted by Crippen LogP contribution is -2.05. The number of para-hydroxylation sites is 1. The number of hydrogen-bond donors (Lipinski definition) is 2. The number of aromatic nitrogens is 2. The van der Waals surface area contributed by atoms with Gasteiger partial charge in [0.2, 0.25) is 11.6 Å². The summed E-state index contributed by atoms with van der Waals surface area (Å²) in [5.74, 6) is 0.560. The third-order valence-corrected chi connectivity index (χ3v) is 4.30. The molecule has 3 aromatic rings. The van der Waals surface area contributed by atoms with Crippen LogP contribution in [0.25, 0.3) is 0 Å². The molecular formula is C19H18ClN5O2. The van der Waals surface area contributed by atoms with Crippen LogP contribution < -0.4 is 10.6 Å². The molecule has 0 fully saturated rings. The summed E-state index contributed by atoms with van der Waals surface area (Å²) in [7, 11) is 0.